The molecule has 0 radical (unpaired) electrons. The zero-order valence-corrected chi connectivity index (χ0v) is 16.8. The van der Waals surface area contributed by atoms with E-state index >= 15 is 0 Å². The largest absolute Gasteiger partial charge is 0.493 e. The summed E-state index contributed by atoms with van der Waals surface area (Å²) in [6.45, 7) is 2.94. The van der Waals surface area contributed by atoms with E-state index in [0.29, 0.717) is 37.2 Å². The predicted molar refractivity (Wildman–Crippen MR) is 110 cm³/mol. The summed E-state index contributed by atoms with van der Waals surface area (Å²) in [6, 6.07) is 5.56. The first-order chi connectivity index (χ1) is 14.4. The lowest BCUT2D eigenvalue weighted by atomic mass is 9.99. The summed E-state index contributed by atoms with van der Waals surface area (Å²) in [5, 5.41) is 3.40. The molecule has 1 fully saturated rings. The van der Waals surface area contributed by atoms with Crippen LogP contribution in [0.2, 0.25) is 0 Å². The Morgan fingerprint density at radius 1 is 1.23 bits per heavy atom. The molecule has 30 heavy (non-hydrogen) atoms. The normalized spacial score (nSPS) is 18.6. The van der Waals surface area contributed by atoms with Gasteiger partial charge in [0.25, 0.3) is 0 Å². The van der Waals surface area contributed by atoms with Gasteiger partial charge in [0.05, 0.1) is 29.4 Å². The quantitative estimate of drug-likeness (QED) is 0.700. The van der Waals surface area contributed by atoms with Crippen molar-refractivity contribution in [1.82, 2.24) is 9.55 Å². The number of halogens is 2. The smallest absolute Gasteiger partial charge is 0.227 e. The second kappa shape index (κ2) is 6.97. The Bertz CT molecular complexity index is 1170. The van der Waals surface area contributed by atoms with E-state index in [9.17, 15) is 13.6 Å². The van der Waals surface area contributed by atoms with Gasteiger partial charge in [-0.25, -0.2) is 13.8 Å². The van der Waals surface area contributed by atoms with E-state index in [2.05, 4.69) is 10.3 Å². The molecule has 8 heteroatoms. The first-order valence-electron chi connectivity index (χ1n) is 10.1. The number of carbonyl (C=O) groups is 1. The number of imidazole rings is 1. The third-order valence-corrected chi connectivity index (χ3v) is 5.98. The van der Waals surface area contributed by atoms with Gasteiger partial charge in [0.2, 0.25) is 5.91 Å². The molecule has 1 unspecified atom stereocenters. The van der Waals surface area contributed by atoms with Crippen LogP contribution in [0.25, 0.3) is 11.0 Å². The molecule has 2 aliphatic rings. The number of benzene rings is 2. The number of fused-ring (bicyclic) bond motifs is 2. The highest BCUT2D eigenvalue weighted by Gasteiger charge is 2.28. The molecule has 1 saturated heterocycles. The van der Waals surface area contributed by atoms with Crippen LogP contribution in [-0.2, 0) is 11.8 Å². The highest BCUT2D eigenvalue weighted by molar-refractivity contribution is 6.00. The van der Waals surface area contributed by atoms with Crippen molar-refractivity contribution < 1.29 is 18.3 Å². The lowest BCUT2D eigenvalue weighted by Crippen LogP contribution is -2.24. The van der Waals surface area contributed by atoms with Crippen molar-refractivity contribution in [2.75, 3.05) is 23.4 Å². The second-order valence-electron chi connectivity index (χ2n) is 7.86. The van der Waals surface area contributed by atoms with Gasteiger partial charge in [0.15, 0.2) is 0 Å². The maximum Gasteiger partial charge on any atom is 0.227 e. The number of anilines is 2. The monoisotopic (exact) mass is 412 g/mol. The van der Waals surface area contributed by atoms with Crippen LogP contribution in [0.4, 0.5) is 20.2 Å². The van der Waals surface area contributed by atoms with Gasteiger partial charge in [0.1, 0.15) is 28.7 Å². The van der Waals surface area contributed by atoms with Crippen molar-refractivity contribution in [3.63, 3.8) is 0 Å². The maximum absolute atomic E-state index is 14.6. The molecule has 0 saturated carbocycles. The molecule has 1 atom stereocenters. The van der Waals surface area contributed by atoms with Crippen LogP contribution in [0.5, 0.6) is 5.75 Å². The highest BCUT2D eigenvalue weighted by atomic mass is 19.1. The van der Waals surface area contributed by atoms with E-state index in [4.69, 9.17) is 4.74 Å². The summed E-state index contributed by atoms with van der Waals surface area (Å²) in [4.78, 5) is 18.8. The first kappa shape index (κ1) is 18.8. The molecule has 3 aromatic rings. The van der Waals surface area contributed by atoms with Crippen LogP contribution in [0, 0.1) is 18.6 Å². The number of aryl methyl sites for hydroxylation is 2. The summed E-state index contributed by atoms with van der Waals surface area (Å²) in [5.74, 6) is -0.156. The number of rotatable bonds is 3. The number of nitrogens with zero attached hydrogens (tertiary/aromatic N) is 3. The molecule has 2 aliphatic heterocycles. The molecular weight excluding hydrogens is 390 g/mol. The first-order valence-corrected chi connectivity index (χ1v) is 10.1. The van der Waals surface area contributed by atoms with E-state index < -0.39 is 17.7 Å². The number of hydrogen-bond acceptors (Lipinski definition) is 4. The lowest BCUT2D eigenvalue weighted by Gasteiger charge is -2.28. The van der Waals surface area contributed by atoms with Crippen LogP contribution >= 0.6 is 0 Å². The van der Waals surface area contributed by atoms with E-state index in [-0.39, 0.29) is 11.7 Å². The Balaban J connectivity index is 1.61. The topological polar surface area (TPSA) is 59.4 Å². The molecule has 0 spiro atoms. The SMILES string of the molecule is Cc1nc2c(NC3CCOc4cc(F)cc(F)c43)cc(N3CCCC3=O)cc2n1C. The lowest BCUT2D eigenvalue weighted by molar-refractivity contribution is -0.117. The Labute approximate surface area is 172 Å². The Morgan fingerprint density at radius 3 is 2.83 bits per heavy atom. The molecule has 1 N–H and O–H groups in total. The average molecular weight is 412 g/mol. The van der Waals surface area contributed by atoms with Gasteiger partial charge >= 0.3 is 0 Å². The minimum Gasteiger partial charge on any atom is -0.493 e. The van der Waals surface area contributed by atoms with Crippen molar-refractivity contribution in [3.05, 3.63) is 47.3 Å². The molecule has 2 aromatic carbocycles. The maximum atomic E-state index is 14.6. The fourth-order valence-electron chi connectivity index (χ4n) is 4.36. The molecule has 5 rings (SSSR count). The molecule has 1 aromatic heterocycles. The molecule has 156 valence electrons. The van der Waals surface area contributed by atoms with Crippen molar-refractivity contribution in [1.29, 1.82) is 0 Å². The van der Waals surface area contributed by atoms with Gasteiger partial charge < -0.3 is 19.5 Å². The van der Waals surface area contributed by atoms with E-state index in [0.717, 1.165) is 35.0 Å². The third-order valence-electron chi connectivity index (χ3n) is 5.98. The van der Waals surface area contributed by atoms with Crippen LogP contribution in [-0.4, -0.2) is 28.6 Å². The second-order valence-corrected chi connectivity index (χ2v) is 7.86. The van der Waals surface area contributed by atoms with E-state index in [1.807, 2.05) is 30.7 Å². The van der Waals surface area contributed by atoms with Crippen LogP contribution < -0.4 is 15.0 Å². The predicted octanol–water partition coefficient (Wildman–Crippen LogP) is 4.22. The Morgan fingerprint density at radius 2 is 2.07 bits per heavy atom. The fourth-order valence-corrected chi connectivity index (χ4v) is 4.36. The summed E-state index contributed by atoms with van der Waals surface area (Å²) in [7, 11) is 1.93. The molecule has 1 amide bonds. The number of amides is 1. The van der Waals surface area contributed by atoms with E-state index in [1.165, 1.54) is 6.07 Å². The summed E-state index contributed by atoms with van der Waals surface area (Å²) < 4.78 is 35.7. The standard InChI is InChI=1S/C22H22F2N4O2/c1-12-25-22-17(10-14(11-18(22)27(12)2)28-6-3-4-20(28)29)26-16-5-7-30-19-9-13(23)8-15(24)21(16)19/h8-11,16,26H,3-7H2,1-2H3. The number of ether oxygens (including phenoxy) is 1. The van der Waals surface area contributed by atoms with Crippen LogP contribution in [0.1, 0.15) is 36.7 Å². The van der Waals surface area contributed by atoms with Crippen LogP contribution in [0.15, 0.2) is 24.3 Å². The number of hydrogen-bond donors (Lipinski definition) is 1. The molecule has 0 aliphatic carbocycles. The third kappa shape index (κ3) is 2.98. The van der Waals surface area contributed by atoms with Gasteiger partial charge in [-0.2, -0.15) is 0 Å². The van der Waals surface area contributed by atoms with Gasteiger partial charge in [-0.15, -0.1) is 0 Å². The van der Waals surface area contributed by atoms with Crippen LogP contribution in [0.3, 0.4) is 0 Å². The van der Waals surface area contributed by atoms with E-state index in [1.54, 1.807) is 4.90 Å². The number of carbonyl (C=O) groups excluding carboxylic acids is 1. The van der Waals surface area contributed by atoms with Crippen molar-refractivity contribution in [2.45, 2.75) is 32.2 Å². The zero-order valence-electron chi connectivity index (χ0n) is 16.8. The minimum atomic E-state index is -0.663. The van der Waals surface area contributed by atoms with Gasteiger partial charge in [-0.3, -0.25) is 4.79 Å². The summed E-state index contributed by atoms with van der Waals surface area (Å²) in [6.07, 6.45) is 1.89. The number of aromatic nitrogens is 2. The van der Waals surface area contributed by atoms with Crippen molar-refractivity contribution in [3.8, 4) is 5.75 Å². The molecule has 6 nitrogen and oxygen atoms in total. The van der Waals surface area contributed by atoms with Crippen molar-refractivity contribution >= 4 is 28.3 Å². The fraction of sp³-hybridized carbons (Fsp3) is 0.364. The summed E-state index contributed by atoms with van der Waals surface area (Å²) >= 11 is 0. The minimum absolute atomic E-state index is 0.0946. The van der Waals surface area contributed by atoms with Crippen molar-refractivity contribution in [2.24, 2.45) is 7.05 Å². The molecular formula is C22H22F2N4O2. The average Bonchev–Trinajstić information content (AvgIpc) is 3.25. The van der Waals surface area contributed by atoms with Gasteiger partial charge in [0, 0.05) is 44.3 Å². The van der Waals surface area contributed by atoms with Gasteiger partial charge in [-0.1, -0.05) is 0 Å². The molecule has 0 bridgehead atoms. The summed E-state index contributed by atoms with van der Waals surface area (Å²) in [5.41, 5.74) is 3.46. The van der Waals surface area contributed by atoms with Gasteiger partial charge in [-0.05, 0) is 25.5 Å². The molecule has 3 heterocycles. The number of nitrogens with one attached hydrogen (secondary N) is 1. The Kier molecular flexibility index (Phi) is 4.38. The highest BCUT2D eigenvalue weighted by Crippen LogP contribution is 2.39. The zero-order chi connectivity index (χ0) is 21.0. The Hall–Kier alpha value is -3.16.